The molecule has 3 nitrogen and oxygen atoms in total. The van der Waals surface area contributed by atoms with E-state index in [2.05, 4.69) is 24.4 Å². The molecule has 1 saturated carbocycles. The molecule has 1 aromatic carbocycles. The van der Waals surface area contributed by atoms with Crippen LogP contribution in [0, 0.1) is 5.92 Å². The molecule has 0 radical (unpaired) electrons. The smallest absolute Gasteiger partial charge is 0.227 e. The van der Waals surface area contributed by atoms with E-state index >= 15 is 0 Å². The highest BCUT2D eigenvalue weighted by atomic mass is 16.2. The van der Waals surface area contributed by atoms with Crippen LogP contribution in [0.4, 0.5) is 11.4 Å². The summed E-state index contributed by atoms with van der Waals surface area (Å²) in [6, 6.07) is 8.89. The molecule has 2 fully saturated rings. The molecule has 2 aliphatic rings. The Morgan fingerprint density at radius 1 is 1.32 bits per heavy atom. The molecule has 1 aliphatic carbocycles. The lowest BCUT2D eigenvalue weighted by Gasteiger charge is -2.19. The summed E-state index contributed by atoms with van der Waals surface area (Å²) in [6.45, 7) is 3.18. The van der Waals surface area contributed by atoms with Crippen LogP contribution in [-0.4, -0.2) is 18.5 Å². The number of nitrogens with one attached hydrogen (secondary N) is 1. The molecule has 0 aromatic heterocycles. The van der Waals surface area contributed by atoms with E-state index in [1.807, 2.05) is 17.0 Å². The SMILES string of the molecule is CC1CCC(Nc2cccc(N3CCCC3=O)c2)C1. The summed E-state index contributed by atoms with van der Waals surface area (Å²) in [5.41, 5.74) is 2.19. The zero-order valence-corrected chi connectivity index (χ0v) is 11.6. The number of nitrogens with zero attached hydrogens (tertiary/aromatic N) is 1. The normalized spacial score (nSPS) is 27.0. The molecule has 1 amide bonds. The molecule has 19 heavy (non-hydrogen) atoms. The fourth-order valence-corrected chi connectivity index (χ4v) is 3.26. The lowest BCUT2D eigenvalue weighted by Crippen LogP contribution is -2.24. The predicted octanol–water partition coefficient (Wildman–Crippen LogP) is 3.41. The van der Waals surface area contributed by atoms with Crippen molar-refractivity contribution in [2.75, 3.05) is 16.8 Å². The molecule has 3 heteroatoms. The molecule has 1 heterocycles. The largest absolute Gasteiger partial charge is 0.382 e. The summed E-state index contributed by atoms with van der Waals surface area (Å²) >= 11 is 0. The van der Waals surface area contributed by atoms with Crippen molar-refractivity contribution in [1.82, 2.24) is 0 Å². The highest BCUT2D eigenvalue weighted by Crippen LogP contribution is 2.29. The van der Waals surface area contributed by atoms with Crippen molar-refractivity contribution in [2.24, 2.45) is 5.92 Å². The summed E-state index contributed by atoms with van der Waals surface area (Å²) in [5, 5.41) is 3.61. The van der Waals surface area contributed by atoms with Gasteiger partial charge in [0, 0.05) is 30.4 Å². The summed E-state index contributed by atoms with van der Waals surface area (Å²) < 4.78 is 0. The Kier molecular flexibility index (Phi) is 3.45. The van der Waals surface area contributed by atoms with Crippen LogP contribution in [0.1, 0.15) is 39.0 Å². The monoisotopic (exact) mass is 258 g/mol. The molecule has 1 aromatic rings. The van der Waals surface area contributed by atoms with Gasteiger partial charge < -0.3 is 10.2 Å². The molecule has 2 unspecified atom stereocenters. The molecule has 0 bridgehead atoms. The standard InChI is InChI=1S/C16H22N2O/c1-12-7-8-14(10-12)17-13-4-2-5-15(11-13)18-9-3-6-16(18)19/h2,4-5,11-12,14,17H,3,6-10H2,1H3. The van der Waals surface area contributed by atoms with Gasteiger partial charge in [-0.2, -0.15) is 0 Å². The second kappa shape index (κ2) is 5.24. The highest BCUT2D eigenvalue weighted by Gasteiger charge is 2.23. The minimum Gasteiger partial charge on any atom is -0.382 e. The lowest BCUT2D eigenvalue weighted by molar-refractivity contribution is -0.117. The quantitative estimate of drug-likeness (QED) is 0.901. The molecule has 3 rings (SSSR count). The van der Waals surface area contributed by atoms with Crippen molar-refractivity contribution >= 4 is 17.3 Å². The Morgan fingerprint density at radius 2 is 2.21 bits per heavy atom. The molecule has 2 atom stereocenters. The van der Waals surface area contributed by atoms with Crippen LogP contribution in [0.15, 0.2) is 24.3 Å². The van der Waals surface area contributed by atoms with Crippen molar-refractivity contribution in [3.05, 3.63) is 24.3 Å². The topological polar surface area (TPSA) is 32.3 Å². The van der Waals surface area contributed by atoms with Gasteiger partial charge in [-0.15, -0.1) is 0 Å². The van der Waals surface area contributed by atoms with Crippen molar-refractivity contribution in [2.45, 2.75) is 45.1 Å². The second-order valence-electron chi connectivity index (χ2n) is 5.96. The van der Waals surface area contributed by atoms with Crippen LogP contribution < -0.4 is 10.2 Å². The van der Waals surface area contributed by atoms with Crippen LogP contribution in [-0.2, 0) is 4.79 Å². The van der Waals surface area contributed by atoms with Crippen molar-refractivity contribution in [1.29, 1.82) is 0 Å². The van der Waals surface area contributed by atoms with E-state index in [1.165, 1.54) is 19.3 Å². The fourth-order valence-electron chi connectivity index (χ4n) is 3.26. The highest BCUT2D eigenvalue weighted by molar-refractivity contribution is 5.95. The molecule has 1 N–H and O–H groups in total. The fraction of sp³-hybridized carbons (Fsp3) is 0.562. The average molecular weight is 258 g/mol. The first-order valence-electron chi connectivity index (χ1n) is 7.39. The van der Waals surface area contributed by atoms with Gasteiger partial charge in [0.15, 0.2) is 0 Å². The van der Waals surface area contributed by atoms with E-state index < -0.39 is 0 Å². The van der Waals surface area contributed by atoms with E-state index in [0.29, 0.717) is 12.5 Å². The van der Waals surface area contributed by atoms with E-state index in [9.17, 15) is 4.79 Å². The number of hydrogen-bond donors (Lipinski definition) is 1. The van der Waals surface area contributed by atoms with Crippen LogP contribution in [0.2, 0.25) is 0 Å². The first kappa shape index (κ1) is 12.5. The first-order chi connectivity index (χ1) is 9.22. The van der Waals surface area contributed by atoms with Crippen molar-refractivity contribution in [3.8, 4) is 0 Å². The summed E-state index contributed by atoms with van der Waals surface area (Å²) in [5.74, 6) is 1.09. The van der Waals surface area contributed by atoms with Gasteiger partial charge in [-0.25, -0.2) is 0 Å². The van der Waals surface area contributed by atoms with Crippen LogP contribution >= 0.6 is 0 Å². The van der Waals surface area contributed by atoms with E-state index in [4.69, 9.17) is 0 Å². The van der Waals surface area contributed by atoms with Crippen LogP contribution in [0.5, 0.6) is 0 Å². The molecule has 1 saturated heterocycles. The van der Waals surface area contributed by atoms with E-state index in [1.54, 1.807) is 0 Å². The Balaban J connectivity index is 1.71. The van der Waals surface area contributed by atoms with Gasteiger partial charge in [0.25, 0.3) is 0 Å². The van der Waals surface area contributed by atoms with Gasteiger partial charge in [-0.05, 0) is 49.8 Å². The van der Waals surface area contributed by atoms with Gasteiger partial charge in [-0.1, -0.05) is 13.0 Å². The van der Waals surface area contributed by atoms with Gasteiger partial charge in [0.2, 0.25) is 5.91 Å². The minimum absolute atomic E-state index is 0.256. The Labute approximate surface area is 115 Å². The third-order valence-corrected chi connectivity index (χ3v) is 4.30. The molecule has 1 aliphatic heterocycles. The number of carbonyl (C=O) groups excluding carboxylic acids is 1. The predicted molar refractivity (Wildman–Crippen MR) is 78.5 cm³/mol. The summed E-state index contributed by atoms with van der Waals surface area (Å²) in [7, 11) is 0. The van der Waals surface area contributed by atoms with E-state index in [0.717, 1.165) is 30.3 Å². The van der Waals surface area contributed by atoms with Gasteiger partial charge >= 0.3 is 0 Å². The third-order valence-electron chi connectivity index (χ3n) is 4.30. The molecular formula is C16H22N2O. The maximum Gasteiger partial charge on any atom is 0.227 e. The first-order valence-corrected chi connectivity index (χ1v) is 7.39. The van der Waals surface area contributed by atoms with Crippen molar-refractivity contribution in [3.63, 3.8) is 0 Å². The number of benzene rings is 1. The number of hydrogen-bond acceptors (Lipinski definition) is 2. The van der Waals surface area contributed by atoms with Gasteiger partial charge in [0.05, 0.1) is 0 Å². The Bertz CT molecular complexity index is 472. The molecule has 0 spiro atoms. The van der Waals surface area contributed by atoms with E-state index in [-0.39, 0.29) is 5.91 Å². The van der Waals surface area contributed by atoms with Gasteiger partial charge in [-0.3, -0.25) is 4.79 Å². The van der Waals surface area contributed by atoms with Crippen LogP contribution in [0.25, 0.3) is 0 Å². The minimum atomic E-state index is 0.256. The third kappa shape index (κ3) is 2.75. The lowest BCUT2D eigenvalue weighted by atomic mass is 10.1. The van der Waals surface area contributed by atoms with Crippen molar-refractivity contribution < 1.29 is 4.79 Å². The zero-order chi connectivity index (χ0) is 13.2. The summed E-state index contributed by atoms with van der Waals surface area (Å²) in [6.07, 6.45) is 5.51. The Morgan fingerprint density at radius 3 is 2.89 bits per heavy atom. The Hall–Kier alpha value is -1.51. The number of rotatable bonds is 3. The average Bonchev–Trinajstić information content (AvgIpc) is 2.99. The maximum absolute atomic E-state index is 11.8. The second-order valence-corrected chi connectivity index (χ2v) is 5.96. The molecular weight excluding hydrogens is 236 g/mol. The number of amides is 1. The zero-order valence-electron chi connectivity index (χ0n) is 11.6. The number of anilines is 2. The number of carbonyl (C=O) groups is 1. The van der Waals surface area contributed by atoms with Gasteiger partial charge in [0.1, 0.15) is 0 Å². The summed E-state index contributed by atoms with van der Waals surface area (Å²) in [4.78, 5) is 13.7. The maximum atomic E-state index is 11.8. The van der Waals surface area contributed by atoms with Crippen LogP contribution in [0.3, 0.4) is 0 Å². The molecule has 102 valence electrons.